The Hall–Kier alpha value is -1.73. The number of carboxylic acids is 1. The van der Waals surface area contributed by atoms with Crippen molar-refractivity contribution >= 4 is 19.5 Å². The van der Waals surface area contributed by atoms with Crippen LogP contribution in [-0.4, -0.2) is 39.8 Å². The summed E-state index contributed by atoms with van der Waals surface area (Å²) in [4.78, 5) is 34.9. The monoisotopic (exact) mass is 442 g/mol. The molecule has 170 valence electrons. The standard InChI is InChI=1S/C21H33N2O6P.H2/c22-16-8-2-5-11-18(20(25)26)29-30(27,28)21(14-6-7-15-21)23-19(24)13-12-17-9-3-1-4-10-17;/h1,3-4,9-10,18H,2,5-8,11-16,22H2,(H,23,24)(H,25,26)(H,27,28);1H/t18-;/m1./s1. The number of hydrogen-bond acceptors (Lipinski definition) is 5. The number of benzene rings is 1. The van der Waals surface area contributed by atoms with E-state index in [1.54, 1.807) is 0 Å². The summed E-state index contributed by atoms with van der Waals surface area (Å²) in [7, 11) is -4.42. The molecule has 0 bridgehead atoms. The summed E-state index contributed by atoms with van der Waals surface area (Å²) >= 11 is 0. The summed E-state index contributed by atoms with van der Waals surface area (Å²) < 4.78 is 18.5. The molecule has 30 heavy (non-hydrogen) atoms. The molecule has 1 aromatic rings. The Morgan fingerprint density at radius 1 is 1.20 bits per heavy atom. The first-order valence-electron chi connectivity index (χ1n) is 10.6. The fourth-order valence-electron chi connectivity index (χ4n) is 3.81. The Morgan fingerprint density at radius 3 is 2.47 bits per heavy atom. The van der Waals surface area contributed by atoms with E-state index in [1.165, 1.54) is 0 Å². The Kier molecular flexibility index (Phi) is 9.49. The largest absolute Gasteiger partial charge is 0.479 e. The van der Waals surface area contributed by atoms with Gasteiger partial charge in [-0.2, -0.15) is 0 Å². The van der Waals surface area contributed by atoms with Crippen molar-refractivity contribution in [2.24, 2.45) is 5.73 Å². The van der Waals surface area contributed by atoms with Gasteiger partial charge >= 0.3 is 13.6 Å². The normalized spacial score (nSPS) is 18.5. The maximum absolute atomic E-state index is 13.2. The van der Waals surface area contributed by atoms with Gasteiger partial charge in [0.05, 0.1) is 0 Å². The van der Waals surface area contributed by atoms with E-state index in [1.807, 2.05) is 30.3 Å². The number of amides is 1. The van der Waals surface area contributed by atoms with Gasteiger partial charge in [0.1, 0.15) is 5.28 Å². The third-order valence-electron chi connectivity index (χ3n) is 5.54. The molecule has 0 aliphatic heterocycles. The Balaban J connectivity index is 0.00000480. The van der Waals surface area contributed by atoms with Crippen LogP contribution in [0.5, 0.6) is 0 Å². The minimum Gasteiger partial charge on any atom is -0.479 e. The molecule has 0 spiro atoms. The fourth-order valence-corrected chi connectivity index (χ4v) is 5.70. The number of carbonyl (C=O) groups excluding carboxylic acids is 1. The number of aliphatic carboxylic acids is 1. The van der Waals surface area contributed by atoms with Crippen molar-refractivity contribution in [3.63, 3.8) is 0 Å². The predicted molar refractivity (Wildman–Crippen MR) is 116 cm³/mol. The van der Waals surface area contributed by atoms with Crippen LogP contribution in [0.25, 0.3) is 0 Å². The third-order valence-corrected chi connectivity index (χ3v) is 7.72. The van der Waals surface area contributed by atoms with Crippen LogP contribution in [-0.2, 0) is 25.1 Å². The number of nitrogens with two attached hydrogens (primary N) is 1. The summed E-state index contributed by atoms with van der Waals surface area (Å²) in [5.41, 5.74) is 6.44. The second kappa shape index (κ2) is 11.6. The molecule has 8 nitrogen and oxygen atoms in total. The zero-order valence-corrected chi connectivity index (χ0v) is 18.2. The lowest BCUT2D eigenvalue weighted by Crippen LogP contribution is -2.47. The molecule has 1 aliphatic rings. The maximum atomic E-state index is 13.2. The zero-order valence-electron chi connectivity index (χ0n) is 17.3. The van der Waals surface area contributed by atoms with Crippen molar-refractivity contribution < 1.29 is 30.1 Å². The number of aryl methyl sites for hydroxylation is 1. The average molecular weight is 442 g/mol. The van der Waals surface area contributed by atoms with Crippen molar-refractivity contribution in [2.75, 3.05) is 6.54 Å². The minimum atomic E-state index is -4.42. The molecular weight excluding hydrogens is 407 g/mol. The van der Waals surface area contributed by atoms with Crippen molar-refractivity contribution in [1.82, 2.24) is 5.32 Å². The van der Waals surface area contributed by atoms with Gasteiger partial charge < -0.3 is 21.1 Å². The molecule has 1 fully saturated rings. The van der Waals surface area contributed by atoms with Crippen LogP contribution in [0.2, 0.25) is 0 Å². The van der Waals surface area contributed by atoms with E-state index in [2.05, 4.69) is 5.32 Å². The van der Waals surface area contributed by atoms with Crippen LogP contribution in [0.1, 0.15) is 64.8 Å². The quantitative estimate of drug-likeness (QED) is 0.271. The van der Waals surface area contributed by atoms with Gasteiger partial charge in [-0.05, 0) is 44.2 Å². The molecule has 1 aliphatic carbocycles. The predicted octanol–water partition coefficient (Wildman–Crippen LogP) is 3.43. The van der Waals surface area contributed by atoms with Gasteiger partial charge in [-0.1, -0.05) is 56.0 Å². The molecule has 0 saturated heterocycles. The van der Waals surface area contributed by atoms with E-state index in [0.717, 1.165) is 18.4 Å². The van der Waals surface area contributed by atoms with E-state index >= 15 is 0 Å². The number of unbranched alkanes of at least 4 members (excludes halogenated alkanes) is 2. The van der Waals surface area contributed by atoms with E-state index < -0.39 is 24.9 Å². The lowest BCUT2D eigenvalue weighted by atomic mass is 10.1. The van der Waals surface area contributed by atoms with Crippen LogP contribution in [0.15, 0.2) is 30.3 Å². The van der Waals surface area contributed by atoms with E-state index in [4.69, 9.17) is 10.3 Å². The highest BCUT2D eigenvalue weighted by Crippen LogP contribution is 2.61. The molecule has 5 N–H and O–H groups in total. The van der Waals surface area contributed by atoms with Crippen molar-refractivity contribution in [3.05, 3.63) is 35.9 Å². The Morgan fingerprint density at radius 2 is 1.87 bits per heavy atom. The molecule has 1 saturated carbocycles. The first kappa shape index (κ1) is 24.5. The molecular formula is C21H35N2O6P. The summed E-state index contributed by atoms with van der Waals surface area (Å²) in [5.74, 6) is -1.62. The molecule has 2 rings (SSSR count). The molecule has 9 heteroatoms. The number of nitrogens with one attached hydrogen (secondary N) is 1. The maximum Gasteiger partial charge on any atom is 0.354 e. The van der Waals surface area contributed by atoms with Crippen LogP contribution in [0, 0.1) is 0 Å². The van der Waals surface area contributed by atoms with Crippen molar-refractivity contribution in [2.45, 2.75) is 75.6 Å². The van der Waals surface area contributed by atoms with Crippen LogP contribution >= 0.6 is 7.60 Å². The van der Waals surface area contributed by atoms with E-state index in [-0.39, 0.29) is 33.0 Å². The smallest absolute Gasteiger partial charge is 0.354 e. The molecule has 1 amide bonds. The van der Waals surface area contributed by atoms with Crippen molar-refractivity contribution in [1.29, 1.82) is 0 Å². The molecule has 0 aromatic heterocycles. The van der Waals surface area contributed by atoms with E-state index in [9.17, 15) is 24.2 Å². The van der Waals surface area contributed by atoms with E-state index in [0.29, 0.717) is 32.2 Å². The van der Waals surface area contributed by atoms with Gasteiger partial charge in [-0.15, -0.1) is 0 Å². The molecule has 0 radical (unpaired) electrons. The van der Waals surface area contributed by atoms with Crippen molar-refractivity contribution in [3.8, 4) is 0 Å². The zero-order chi connectivity index (χ0) is 22.0. The summed E-state index contributed by atoms with van der Waals surface area (Å²) in [6.07, 6.45) is 3.34. The van der Waals surface area contributed by atoms with Gasteiger partial charge in [-0.3, -0.25) is 13.9 Å². The Bertz CT molecular complexity index is 743. The van der Waals surface area contributed by atoms with Crippen LogP contribution in [0.3, 0.4) is 0 Å². The number of carbonyl (C=O) groups is 2. The van der Waals surface area contributed by atoms with Gasteiger partial charge in [0, 0.05) is 7.85 Å². The highest BCUT2D eigenvalue weighted by molar-refractivity contribution is 7.54. The van der Waals surface area contributed by atoms with Gasteiger partial charge in [0.15, 0.2) is 6.10 Å². The molecule has 1 aromatic carbocycles. The second-order valence-corrected chi connectivity index (χ2v) is 9.97. The SMILES string of the molecule is NCCCCC[C@@H](OP(=O)(O)C1(NC(=O)CCc2ccccc2)CCCC1)C(=O)O.[HH]. The molecule has 1 unspecified atom stereocenters. The minimum absolute atomic E-state index is 0. The van der Waals surface area contributed by atoms with Gasteiger partial charge in [-0.25, -0.2) is 4.79 Å². The highest BCUT2D eigenvalue weighted by atomic mass is 31.2. The molecule has 0 heterocycles. The fraction of sp³-hybridized carbons (Fsp3) is 0.619. The molecule has 2 atom stereocenters. The lowest BCUT2D eigenvalue weighted by Gasteiger charge is -2.35. The number of carboxylic acid groups (broad SMARTS) is 1. The average Bonchev–Trinajstić information content (AvgIpc) is 3.19. The first-order valence-corrected chi connectivity index (χ1v) is 12.2. The summed E-state index contributed by atoms with van der Waals surface area (Å²) in [6.45, 7) is 0.509. The topological polar surface area (TPSA) is 139 Å². The summed E-state index contributed by atoms with van der Waals surface area (Å²) in [6, 6.07) is 9.51. The summed E-state index contributed by atoms with van der Waals surface area (Å²) in [5, 5.41) is 10.8. The second-order valence-electron chi connectivity index (χ2n) is 7.86. The van der Waals surface area contributed by atoms with Gasteiger partial charge in [0.2, 0.25) is 5.91 Å². The first-order chi connectivity index (χ1) is 14.3. The van der Waals surface area contributed by atoms with Gasteiger partial charge in [0.25, 0.3) is 0 Å². The number of rotatable bonds is 13. The highest BCUT2D eigenvalue weighted by Gasteiger charge is 2.53. The Labute approximate surface area is 179 Å². The van der Waals surface area contributed by atoms with Crippen LogP contribution in [0.4, 0.5) is 0 Å². The third kappa shape index (κ3) is 6.91. The van der Waals surface area contributed by atoms with Crippen LogP contribution < -0.4 is 11.1 Å². The lowest BCUT2D eigenvalue weighted by molar-refractivity contribution is -0.146. The number of hydrogen-bond donors (Lipinski definition) is 4.